The summed E-state index contributed by atoms with van der Waals surface area (Å²) in [6.45, 7) is 2.01. The van der Waals surface area contributed by atoms with Crippen LogP contribution >= 0.6 is 0 Å². The first-order valence-electron chi connectivity index (χ1n) is 11.2. The highest BCUT2D eigenvalue weighted by Gasteiger charge is 2.45. The molecule has 2 aliphatic rings. The Labute approximate surface area is 188 Å². The molecular formula is C24H27F7O2. The standard InChI is InChI=1S/C24H27F7O2/c1-2-3-14-4-6-15(7-5-14)16-8-10-17(11-9-16)24(30,31)33-18-12-19(25)21(20(26)13-18)32-23(29)22(27)28/h2-3,12-17H,4-11H2,1H3. The number of rotatable bonds is 7. The van der Waals surface area contributed by atoms with Crippen LogP contribution < -0.4 is 9.47 Å². The van der Waals surface area contributed by atoms with Crippen LogP contribution in [0.15, 0.2) is 36.4 Å². The summed E-state index contributed by atoms with van der Waals surface area (Å²) in [7, 11) is 0. The summed E-state index contributed by atoms with van der Waals surface area (Å²) in [5.74, 6) is -5.20. The maximum atomic E-state index is 14.7. The van der Waals surface area contributed by atoms with E-state index >= 15 is 0 Å². The van der Waals surface area contributed by atoms with Crippen molar-refractivity contribution in [3.8, 4) is 11.5 Å². The van der Waals surface area contributed by atoms with Crippen molar-refractivity contribution >= 4 is 0 Å². The van der Waals surface area contributed by atoms with Crippen molar-refractivity contribution in [2.75, 3.05) is 0 Å². The van der Waals surface area contributed by atoms with E-state index in [9.17, 15) is 30.7 Å². The number of alkyl halides is 2. The number of benzene rings is 1. The second-order valence-electron chi connectivity index (χ2n) is 8.83. The zero-order valence-corrected chi connectivity index (χ0v) is 18.2. The van der Waals surface area contributed by atoms with E-state index in [-0.39, 0.29) is 12.8 Å². The van der Waals surface area contributed by atoms with Crippen molar-refractivity contribution in [2.24, 2.45) is 23.7 Å². The molecule has 0 N–H and O–H groups in total. The molecular weight excluding hydrogens is 453 g/mol. The summed E-state index contributed by atoms with van der Waals surface area (Å²) in [6.07, 6.45) is 3.83. The predicted octanol–water partition coefficient (Wildman–Crippen LogP) is 8.54. The molecule has 9 heteroatoms. The normalized spacial score (nSPS) is 26.3. The first kappa shape index (κ1) is 25.4. The van der Waals surface area contributed by atoms with Crippen LogP contribution in [-0.2, 0) is 0 Å². The lowest BCUT2D eigenvalue weighted by molar-refractivity contribution is -0.224. The average Bonchev–Trinajstić information content (AvgIpc) is 2.76. The van der Waals surface area contributed by atoms with Crippen molar-refractivity contribution in [2.45, 2.75) is 64.4 Å². The van der Waals surface area contributed by atoms with Crippen LogP contribution in [0.1, 0.15) is 58.3 Å². The van der Waals surface area contributed by atoms with Gasteiger partial charge in [-0.05, 0) is 76.0 Å². The zero-order valence-electron chi connectivity index (χ0n) is 18.2. The van der Waals surface area contributed by atoms with E-state index in [0.29, 0.717) is 42.7 Å². The summed E-state index contributed by atoms with van der Waals surface area (Å²) in [4.78, 5) is 0. The highest BCUT2D eigenvalue weighted by atomic mass is 19.3. The fraction of sp³-hybridized carbons (Fsp3) is 0.583. The van der Waals surface area contributed by atoms with Gasteiger partial charge in [-0.3, -0.25) is 0 Å². The van der Waals surface area contributed by atoms with E-state index in [2.05, 4.69) is 21.6 Å². The van der Waals surface area contributed by atoms with E-state index in [1.165, 1.54) is 0 Å². The Morgan fingerprint density at radius 1 is 0.879 bits per heavy atom. The lowest BCUT2D eigenvalue weighted by Crippen LogP contribution is -2.38. The molecule has 0 amide bonds. The Hall–Kier alpha value is -2.19. The van der Waals surface area contributed by atoms with Gasteiger partial charge in [0.1, 0.15) is 5.75 Å². The topological polar surface area (TPSA) is 18.5 Å². The van der Waals surface area contributed by atoms with E-state index in [0.717, 1.165) is 25.7 Å². The van der Waals surface area contributed by atoms with Gasteiger partial charge in [-0.2, -0.15) is 22.0 Å². The summed E-state index contributed by atoms with van der Waals surface area (Å²) in [6, 6.07) is -1.78. The summed E-state index contributed by atoms with van der Waals surface area (Å²) >= 11 is 0. The fourth-order valence-corrected chi connectivity index (χ4v) is 5.07. The molecule has 2 fully saturated rings. The van der Waals surface area contributed by atoms with Crippen LogP contribution in [0.3, 0.4) is 0 Å². The molecule has 1 aromatic rings. The van der Waals surface area contributed by atoms with Crippen molar-refractivity contribution < 1.29 is 40.2 Å². The molecule has 0 aromatic heterocycles. The molecule has 0 heterocycles. The van der Waals surface area contributed by atoms with Gasteiger partial charge in [-0.25, -0.2) is 8.78 Å². The molecule has 2 saturated carbocycles. The van der Waals surface area contributed by atoms with Crippen LogP contribution in [0.25, 0.3) is 0 Å². The maximum Gasteiger partial charge on any atom is 0.400 e. The number of halogens is 7. The van der Waals surface area contributed by atoms with Gasteiger partial charge >= 0.3 is 18.2 Å². The lowest BCUT2D eigenvalue weighted by Gasteiger charge is -2.39. The third kappa shape index (κ3) is 6.44. The number of ether oxygens (including phenoxy) is 2. The minimum Gasteiger partial charge on any atom is -0.432 e. The monoisotopic (exact) mass is 480 g/mol. The molecule has 0 saturated heterocycles. The van der Waals surface area contributed by atoms with Crippen molar-refractivity contribution in [3.05, 3.63) is 48.0 Å². The highest BCUT2D eigenvalue weighted by Crippen LogP contribution is 2.46. The Balaban J connectivity index is 1.58. The molecule has 0 radical (unpaired) electrons. The maximum absolute atomic E-state index is 14.7. The first-order valence-corrected chi connectivity index (χ1v) is 11.2. The second kappa shape index (κ2) is 10.8. The van der Waals surface area contributed by atoms with E-state index in [1.807, 2.05) is 6.92 Å². The van der Waals surface area contributed by atoms with Crippen molar-refractivity contribution in [1.82, 2.24) is 0 Å². The largest absolute Gasteiger partial charge is 0.432 e. The average molecular weight is 480 g/mol. The van der Waals surface area contributed by atoms with E-state index in [4.69, 9.17) is 0 Å². The number of hydrogen-bond acceptors (Lipinski definition) is 2. The van der Waals surface area contributed by atoms with Gasteiger partial charge < -0.3 is 9.47 Å². The van der Waals surface area contributed by atoms with Crippen LogP contribution in [0, 0.1) is 35.3 Å². The number of hydrogen-bond donors (Lipinski definition) is 0. The SMILES string of the molecule is CC=CC1CCC(C2CCC(C(F)(F)Oc3cc(F)c(OC(F)=C(F)F)c(F)c3)CC2)CC1. The van der Waals surface area contributed by atoms with Crippen LogP contribution in [0.2, 0.25) is 0 Å². The summed E-state index contributed by atoms with van der Waals surface area (Å²) in [5.41, 5.74) is 0. The Bertz CT molecular complexity index is 841. The number of allylic oxidation sites excluding steroid dienone is 2. The van der Waals surface area contributed by atoms with Gasteiger partial charge in [0, 0.05) is 12.1 Å². The lowest BCUT2D eigenvalue weighted by atomic mass is 9.69. The Morgan fingerprint density at radius 3 is 1.88 bits per heavy atom. The van der Waals surface area contributed by atoms with Gasteiger partial charge in [0.15, 0.2) is 11.6 Å². The minimum absolute atomic E-state index is 0.227. The van der Waals surface area contributed by atoms with Crippen LogP contribution in [0.4, 0.5) is 30.7 Å². The molecule has 0 bridgehead atoms. The van der Waals surface area contributed by atoms with Crippen molar-refractivity contribution in [1.29, 1.82) is 0 Å². The quantitative estimate of drug-likeness (QED) is 0.221. The molecule has 0 spiro atoms. The van der Waals surface area contributed by atoms with Crippen molar-refractivity contribution in [3.63, 3.8) is 0 Å². The van der Waals surface area contributed by atoms with Gasteiger partial charge in [0.25, 0.3) is 0 Å². The summed E-state index contributed by atoms with van der Waals surface area (Å²) < 4.78 is 103. The molecule has 33 heavy (non-hydrogen) atoms. The first-order chi connectivity index (χ1) is 15.6. The van der Waals surface area contributed by atoms with Gasteiger partial charge in [-0.1, -0.05) is 12.2 Å². The van der Waals surface area contributed by atoms with E-state index < -0.39 is 47.3 Å². The van der Waals surface area contributed by atoms with Gasteiger partial charge in [-0.15, -0.1) is 0 Å². The molecule has 3 rings (SSSR count). The van der Waals surface area contributed by atoms with Gasteiger partial charge in [0.05, 0.1) is 5.92 Å². The van der Waals surface area contributed by atoms with Gasteiger partial charge in [0.2, 0.25) is 5.75 Å². The Kier molecular flexibility index (Phi) is 8.34. The fourth-order valence-electron chi connectivity index (χ4n) is 5.07. The second-order valence-corrected chi connectivity index (χ2v) is 8.83. The summed E-state index contributed by atoms with van der Waals surface area (Å²) in [5, 5.41) is 0. The third-order valence-electron chi connectivity index (χ3n) is 6.76. The molecule has 0 atom stereocenters. The predicted molar refractivity (Wildman–Crippen MR) is 109 cm³/mol. The molecule has 184 valence electrons. The molecule has 1 aromatic carbocycles. The van der Waals surface area contributed by atoms with Crippen LogP contribution in [0.5, 0.6) is 11.5 Å². The molecule has 2 aliphatic carbocycles. The minimum atomic E-state index is -3.67. The molecule has 0 aliphatic heterocycles. The zero-order chi connectivity index (χ0) is 24.2. The smallest absolute Gasteiger partial charge is 0.400 e. The third-order valence-corrected chi connectivity index (χ3v) is 6.76. The highest BCUT2D eigenvalue weighted by molar-refractivity contribution is 5.36. The molecule has 2 nitrogen and oxygen atoms in total. The van der Waals surface area contributed by atoms with Crippen LogP contribution in [-0.4, -0.2) is 6.11 Å². The molecule has 0 unspecified atom stereocenters. The Morgan fingerprint density at radius 2 is 1.39 bits per heavy atom. The van der Waals surface area contributed by atoms with E-state index in [1.54, 1.807) is 0 Å².